The van der Waals surface area contributed by atoms with E-state index in [-0.39, 0.29) is 29.2 Å². The molecular weight excluding hydrogens is 409 g/mol. The monoisotopic (exact) mass is 419 g/mol. The Labute approximate surface area is 168 Å². The third-order valence-electron chi connectivity index (χ3n) is 4.84. The first kappa shape index (κ1) is 18.6. The Morgan fingerprint density at radius 2 is 1.71 bits per heavy atom. The molecule has 0 N–H and O–H groups in total. The van der Waals surface area contributed by atoms with Gasteiger partial charge in [-0.25, -0.2) is 4.79 Å². The minimum absolute atomic E-state index is 0.0562. The molecule has 0 spiro atoms. The lowest BCUT2D eigenvalue weighted by atomic mass is 9.82. The molecule has 2 aliphatic rings. The first-order valence-corrected chi connectivity index (χ1v) is 9.02. The second-order valence-corrected chi connectivity index (χ2v) is 8.15. The molecule has 0 unspecified atom stereocenters. The molecule has 2 aromatic carbocycles. The van der Waals surface area contributed by atoms with Crippen LogP contribution in [0.5, 0.6) is 0 Å². The lowest BCUT2D eigenvalue weighted by Crippen LogP contribution is -2.24. The van der Waals surface area contributed by atoms with E-state index >= 15 is 0 Å². The zero-order valence-corrected chi connectivity index (χ0v) is 15.6. The maximum Gasteiger partial charge on any atom is 0.345 e. The summed E-state index contributed by atoms with van der Waals surface area (Å²) in [6.07, 6.45) is 0.444. The molecule has 0 bridgehead atoms. The molecule has 0 aromatic heterocycles. The van der Waals surface area contributed by atoms with Gasteiger partial charge in [-0.1, -0.05) is 24.3 Å². The van der Waals surface area contributed by atoms with Gasteiger partial charge in [-0.15, -0.1) is 23.2 Å². The number of nitro benzene ring substituents is 1. The van der Waals surface area contributed by atoms with Crippen LogP contribution in [0, 0.1) is 16.0 Å². The van der Waals surface area contributed by atoms with E-state index in [0.29, 0.717) is 6.42 Å². The number of ketones is 2. The lowest BCUT2D eigenvalue weighted by molar-refractivity contribution is -0.385. The molecular formula is C19H11Cl2NO6. The molecule has 2 aromatic rings. The van der Waals surface area contributed by atoms with Crippen molar-refractivity contribution in [2.45, 2.75) is 10.8 Å². The summed E-state index contributed by atoms with van der Waals surface area (Å²) < 4.78 is 4.13. The van der Waals surface area contributed by atoms with Crippen molar-refractivity contribution in [2.75, 3.05) is 6.61 Å². The quantitative estimate of drug-likeness (QED) is 0.276. The van der Waals surface area contributed by atoms with Gasteiger partial charge < -0.3 is 4.74 Å². The molecule has 4 rings (SSSR count). The highest BCUT2D eigenvalue weighted by molar-refractivity contribution is 6.50. The lowest BCUT2D eigenvalue weighted by Gasteiger charge is -2.18. The summed E-state index contributed by atoms with van der Waals surface area (Å²) in [7, 11) is 0. The molecule has 2 aliphatic carbocycles. The van der Waals surface area contributed by atoms with Gasteiger partial charge in [0.15, 0.2) is 5.78 Å². The van der Waals surface area contributed by atoms with Gasteiger partial charge in [0.1, 0.15) is 15.5 Å². The summed E-state index contributed by atoms with van der Waals surface area (Å²) >= 11 is 11.8. The average Bonchev–Trinajstić information content (AvgIpc) is 3.29. The second-order valence-electron chi connectivity index (χ2n) is 6.61. The number of carbonyl (C=O) groups excluding carboxylic acids is 3. The van der Waals surface area contributed by atoms with E-state index in [1.54, 1.807) is 12.1 Å². The maximum absolute atomic E-state index is 12.9. The first-order chi connectivity index (χ1) is 13.2. The molecule has 0 radical (unpaired) electrons. The molecule has 28 heavy (non-hydrogen) atoms. The zero-order valence-electron chi connectivity index (χ0n) is 14.1. The average molecular weight is 420 g/mol. The Balaban J connectivity index is 1.76. The number of nitrogens with zero attached hydrogens (tertiary/aromatic N) is 1. The predicted octanol–water partition coefficient (Wildman–Crippen LogP) is 3.72. The van der Waals surface area contributed by atoms with Gasteiger partial charge in [0.2, 0.25) is 5.78 Å². The van der Waals surface area contributed by atoms with Crippen LogP contribution < -0.4 is 0 Å². The number of alkyl halides is 2. The number of esters is 1. The molecule has 0 heterocycles. The number of ether oxygens (including phenoxy) is 1. The number of fused-ring (bicyclic) bond motifs is 2. The van der Waals surface area contributed by atoms with Crippen LogP contribution in [0.1, 0.15) is 48.6 Å². The van der Waals surface area contributed by atoms with Gasteiger partial charge in [0, 0.05) is 22.6 Å². The van der Waals surface area contributed by atoms with Gasteiger partial charge >= 0.3 is 5.97 Å². The van der Waals surface area contributed by atoms with Crippen molar-refractivity contribution in [3.05, 3.63) is 74.3 Å². The molecule has 1 saturated carbocycles. The van der Waals surface area contributed by atoms with E-state index in [1.807, 2.05) is 0 Å². The SMILES string of the molecule is O=C1c2ccccc2C(=O)c2c1ccc(C(=O)OC[C@H]1CC1(Cl)Cl)c2[N+](=O)[O-]. The van der Waals surface area contributed by atoms with Crippen LogP contribution in [0.2, 0.25) is 0 Å². The number of carbonyl (C=O) groups is 3. The highest BCUT2D eigenvalue weighted by Gasteiger charge is 2.52. The fraction of sp³-hybridized carbons (Fsp3) is 0.211. The van der Waals surface area contributed by atoms with Crippen LogP contribution in [0.15, 0.2) is 36.4 Å². The van der Waals surface area contributed by atoms with Crippen LogP contribution in [0.4, 0.5) is 5.69 Å². The Morgan fingerprint density at radius 1 is 1.11 bits per heavy atom. The van der Waals surface area contributed by atoms with E-state index in [0.717, 1.165) is 6.07 Å². The summed E-state index contributed by atoms with van der Waals surface area (Å²) in [5.41, 5.74) is -1.44. The van der Waals surface area contributed by atoms with Crippen molar-refractivity contribution in [2.24, 2.45) is 5.92 Å². The van der Waals surface area contributed by atoms with Gasteiger partial charge in [-0.05, 0) is 18.6 Å². The standard InChI is InChI=1S/C19H11Cl2NO6/c20-19(21)7-9(19)8-28-18(25)13-6-5-12-14(15(13)22(26)27)17(24)11-4-2-1-3-10(11)16(12)23/h1-6,9H,7-8H2/t9-/m1/s1. The van der Waals surface area contributed by atoms with Gasteiger partial charge in [0.25, 0.3) is 5.69 Å². The van der Waals surface area contributed by atoms with E-state index in [1.165, 1.54) is 18.2 Å². The number of halogens is 2. The van der Waals surface area contributed by atoms with Crippen molar-refractivity contribution in [3.8, 4) is 0 Å². The molecule has 0 aliphatic heterocycles. The Bertz CT molecular complexity index is 1080. The van der Waals surface area contributed by atoms with Gasteiger partial charge in [-0.3, -0.25) is 19.7 Å². The topological polar surface area (TPSA) is 104 Å². The Kier molecular flexibility index (Phi) is 4.24. The molecule has 1 fully saturated rings. The van der Waals surface area contributed by atoms with E-state index in [4.69, 9.17) is 27.9 Å². The molecule has 1 atom stereocenters. The summed E-state index contributed by atoms with van der Waals surface area (Å²) in [6.45, 7) is -0.101. The molecule has 142 valence electrons. The Hall–Kier alpha value is -2.77. The number of nitro groups is 1. The van der Waals surface area contributed by atoms with Crippen LogP contribution in [-0.4, -0.2) is 33.4 Å². The largest absolute Gasteiger partial charge is 0.461 e. The van der Waals surface area contributed by atoms with Crippen molar-refractivity contribution in [3.63, 3.8) is 0 Å². The van der Waals surface area contributed by atoms with Crippen LogP contribution in [-0.2, 0) is 4.74 Å². The fourth-order valence-electron chi connectivity index (χ4n) is 3.23. The summed E-state index contributed by atoms with van der Waals surface area (Å²) in [6, 6.07) is 8.41. The number of hydrogen-bond donors (Lipinski definition) is 0. The van der Waals surface area contributed by atoms with E-state index in [2.05, 4.69) is 0 Å². The molecule has 9 heteroatoms. The third-order valence-corrected chi connectivity index (χ3v) is 5.77. The van der Waals surface area contributed by atoms with Gasteiger partial charge in [-0.2, -0.15) is 0 Å². The number of benzene rings is 2. The third kappa shape index (κ3) is 2.87. The van der Waals surface area contributed by atoms with Crippen LogP contribution in [0.3, 0.4) is 0 Å². The fourth-order valence-corrected chi connectivity index (χ4v) is 3.73. The molecule has 7 nitrogen and oxygen atoms in total. The number of hydrogen-bond acceptors (Lipinski definition) is 6. The summed E-state index contributed by atoms with van der Waals surface area (Å²) in [5.74, 6) is -2.44. The smallest absolute Gasteiger partial charge is 0.345 e. The minimum Gasteiger partial charge on any atom is -0.461 e. The van der Waals surface area contributed by atoms with Gasteiger partial charge in [0.05, 0.1) is 11.5 Å². The van der Waals surface area contributed by atoms with Crippen molar-refractivity contribution < 1.29 is 24.0 Å². The van der Waals surface area contributed by atoms with Crippen molar-refractivity contribution in [1.82, 2.24) is 0 Å². The normalized spacial score (nSPS) is 18.9. The Morgan fingerprint density at radius 3 is 2.29 bits per heavy atom. The maximum atomic E-state index is 12.9. The zero-order chi connectivity index (χ0) is 20.2. The summed E-state index contributed by atoms with van der Waals surface area (Å²) in [5, 5.41) is 11.7. The predicted molar refractivity (Wildman–Crippen MR) is 99.2 cm³/mol. The first-order valence-electron chi connectivity index (χ1n) is 8.27. The highest BCUT2D eigenvalue weighted by Crippen LogP contribution is 2.53. The van der Waals surface area contributed by atoms with E-state index in [9.17, 15) is 24.5 Å². The second kappa shape index (κ2) is 6.39. The van der Waals surface area contributed by atoms with Crippen LogP contribution in [0.25, 0.3) is 0 Å². The number of rotatable bonds is 4. The van der Waals surface area contributed by atoms with Crippen molar-refractivity contribution in [1.29, 1.82) is 0 Å². The highest BCUT2D eigenvalue weighted by atomic mass is 35.5. The van der Waals surface area contributed by atoms with Crippen molar-refractivity contribution >= 4 is 46.4 Å². The van der Waals surface area contributed by atoms with Crippen LogP contribution >= 0.6 is 23.2 Å². The molecule has 0 saturated heterocycles. The van der Waals surface area contributed by atoms with E-state index < -0.39 is 43.6 Å². The minimum atomic E-state index is -0.982. The molecule has 0 amide bonds. The summed E-state index contributed by atoms with van der Waals surface area (Å²) in [4.78, 5) is 48.8.